The lowest BCUT2D eigenvalue weighted by Crippen LogP contribution is -2.26. The van der Waals surface area contributed by atoms with Gasteiger partial charge in [0.2, 0.25) is 0 Å². The second-order valence-corrected chi connectivity index (χ2v) is 8.57. The Morgan fingerprint density at radius 3 is 2.46 bits per heavy atom. The van der Waals surface area contributed by atoms with Gasteiger partial charge in [0.05, 0.1) is 22.4 Å². The summed E-state index contributed by atoms with van der Waals surface area (Å²) in [6.45, 7) is 7.12. The Morgan fingerprint density at radius 1 is 0.971 bits per heavy atom. The fourth-order valence-corrected chi connectivity index (χ4v) is 4.06. The summed E-state index contributed by atoms with van der Waals surface area (Å²) in [4.78, 5) is 25.5. The van der Waals surface area contributed by atoms with Crippen molar-refractivity contribution in [1.29, 1.82) is 0 Å². The second-order valence-electron chi connectivity index (χ2n) is 8.05. The third kappa shape index (κ3) is 5.97. The third-order valence-corrected chi connectivity index (χ3v) is 5.83. The van der Waals surface area contributed by atoms with Crippen LogP contribution in [0.2, 0.25) is 0 Å². The van der Waals surface area contributed by atoms with Crippen molar-refractivity contribution in [3.05, 3.63) is 103 Å². The topological polar surface area (TPSA) is 58.1 Å². The zero-order valence-corrected chi connectivity index (χ0v) is 20.6. The first-order chi connectivity index (χ1) is 17.1. The summed E-state index contributed by atoms with van der Waals surface area (Å²) >= 11 is 4.49. The van der Waals surface area contributed by atoms with Gasteiger partial charge in [0.1, 0.15) is 0 Å². The molecule has 0 aliphatic heterocycles. The van der Waals surface area contributed by atoms with Crippen molar-refractivity contribution >= 4 is 29.6 Å². The molecule has 1 N–H and O–H groups in total. The highest BCUT2D eigenvalue weighted by Gasteiger charge is 2.15. The second kappa shape index (κ2) is 11.5. The van der Waals surface area contributed by atoms with Crippen molar-refractivity contribution in [1.82, 2.24) is 20.2 Å². The van der Waals surface area contributed by atoms with Crippen LogP contribution in [0.15, 0.2) is 103 Å². The number of fused-ring (bicyclic) bond motifs is 1. The number of nitrogens with zero attached hydrogens (tertiary/aromatic N) is 3. The Kier molecular flexibility index (Phi) is 7.95. The molecule has 1 aromatic heterocycles. The minimum absolute atomic E-state index is 0.127. The van der Waals surface area contributed by atoms with Crippen LogP contribution in [0.25, 0.3) is 33.5 Å². The molecular weight excluding hydrogens is 452 g/mol. The van der Waals surface area contributed by atoms with Crippen LogP contribution in [0.4, 0.5) is 0 Å². The molecule has 4 rings (SSSR count). The molecule has 6 heteroatoms. The molecule has 0 aliphatic carbocycles. The molecule has 3 aromatic carbocycles. The Labute approximate surface area is 211 Å². The average molecular weight is 481 g/mol. The van der Waals surface area contributed by atoms with E-state index in [-0.39, 0.29) is 5.91 Å². The van der Waals surface area contributed by atoms with E-state index in [2.05, 4.69) is 24.5 Å². The Morgan fingerprint density at radius 2 is 1.71 bits per heavy atom. The maximum Gasteiger partial charge on any atom is 0.251 e. The number of hydrogen-bond acceptors (Lipinski definition) is 5. The van der Waals surface area contributed by atoms with Gasteiger partial charge in [-0.25, -0.2) is 9.97 Å². The summed E-state index contributed by atoms with van der Waals surface area (Å²) in [6, 6.07) is 23.3. The zero-order valence-electron chi connectivity index (χ0n) is 19.7. The molecular formula is C29H28N4OS. The van der Waals surface area contributed by atoms with Gasteiger partial charge in [0.25, 0.3) is 5.91 Å². The predicted octanol–water partition coefficient (Wildman–Crippen LogP) is 6.35. The molecule has 1 amide bonds. The summed E-state index contributed by atoms with van der Waals surface area (Å²) < 4.78 is 0. The van der Waals surface area contributed by atoms with E-state index in [0.717, 1.165) is 45.9 Å². The molecule has 176 valence electrons. The van der Waals surface area contributed by atoms with Crippen LogP contribution >= 0.6 is 12.6 Å². The van der Waals surface area contributed by atoms with Crippen LogP contribution in [-0.4, -0.2) is 33.9 Å². The molecule has 0 atom stereocenters. The first-order valence-electron chi connectivity index (χ1n) is 11.5. The van der Waals surface area contributed by atoms with Gasteiger partial charge in [-0.05, 0) is 56.1 Å². The highest BCUT2D eigenvalue weighted by Crippen LogP contribution is 2.32. The van der Waals surface area contributed by atoms with Crippen molar-refractivity contribution in [3.63, 3.8) is 0 Å². The van der Waals surface area contributed by atoms with Gasteiger partial charge in [-0.15, -0.1) is 12.6 Å². The fraction of sp³-hybridized carbons (Fsp3) is 0.138. The first kappa shape index (κ1) is 24.2. The number of nitrogens with one attached hydrogen (secondary N) is 1. The lowest BCUT2D eigenvalue weighted by Gasteiger charge is -2.15. The van der Waals surface area contributed by atoms with Crippen molar-refractivity contribution < 1.29 is 4.79 Å². The van der Waals surface area contributed by atoms with Crippen LogP contribution in [0.3, 0.4) is 0 Å². The Hall–Kier alpha value is -3.90. The summed E-state index contributed by atoms with van der Waals surface area (Å²) in [7, 11) is 0. The minimum Gasteiger partial charge on any atom is -0.355 e. The van der Waals surface area contributed by atoms with Gasteiger partial charge in [0.15, 0.2) is 0 Å². The molecule has 0 bridgehead atoms. The largest absolute Gasteiger partial charge is 0.355 e. The number of hydrogen-bond donors (Lipinski definition) is 2. The van der Waals surface area contributed by atoms with Gasteiger partial charge >= 0.3 is 0 Å². The number of carbonyl (C=O) groups excluding carboxylic acids is 1. The summed E-state index contributed by atoms with van der Waals surface area (Å²) in [5, 5.41) is 2.99. The third-order valence-electron chi connectivity index (χ3n) is 5.55. The van der Waals surface area contributed by atoms with E-state index in [1.807, 2.05) is 84.8 Å². The number of amides is 1. The van der Waals surface area contributed by atoms with E-state index in [9.17, 15) is 4.79 Å². The summed E-state index contributed by atoms with van der Waals surface area (Å²) in [6.07, 6.45) is 6.50. The van der Waals surface area contributed by atoms with Crippen molar-refractivity contribution in [3.8, 4) is 22.5 Å². The van der Waals surface area contributed by atoms with E-state index in [4.69, 9.17) is 9.97 Å². The molecule has 4 aromatic rings. The van der Waals surface area contributed by atoms with Gasteiger partial charge in [-0.1, -0.05) is 55.1 Å². The summed E-state index contributed by atoms with van der Waals surface area (Å²) in [5.41, 5.74) is 5.42. The number of carbonyl (C=O) groups is 1. The zero-order chi connectivity index (χ0) is 24.6. The molecule has 0 saturated heterocycles. The van der Waals surface area contributed by atoms with Crippen LogP contribution in [-0.2, 0) is 0 Å². The highest BCUT2D eigenvalue weighted by molar-refractivity contribution is 7.80. The van der Waals surface area contributed by atoms with Crippen LogP contribution in [0, 0.1) is 0 Å². The smallest absolute Gasteiger partial charge is 0.251 e. The molecule has 5 nitrogen and oxygen atoms in total. The Bertz CT molecular complexity index is 1370. The quantitative estimate of drug-likeness (QED) is 0.216. The van der Waals surface area contributed by atoms with E-state index in [1.165, 1.54) is 0 Å². The van der Waals surface area contributed by atoms with E-state index < -0.39 is 0 Å². The van der Waals surface area contributed by atoms with Crippen LogP contribution in [0.5, 0.6) is 0 Å². The lowest BCUT2D eigenvalue weighted by atomic mass is 10.0. The van der Waals surface area contributed by atoms with E-state index in [0.29, 0.717) is 17.6 Å². The SMILES string of the molecule is C=CN(/C=C\C)CCCNC(=O)c1ccc2nc(-c3cccc(S)c3)c(-c3ccccc3)nc2c1. The maximum atomic E-state index is 12.8. The minimum atomic E-state index is -0.127. The van der Waals surface area contributed by atoms with E-state index >= 15 is 0 Å². The van der Waals surface area contributed by atoms with Gasteiger partial charge in [0, 0.05) is 34.7 Å². The molecule has 35 heavy (non-hydrogen) atoms. The van der Waals surface area contributed by atoms with Crippen molar-refractivity contribution in [2.24, 2.45) is 0 Å². The van der Waals surface area contributed by atoms with Crippen LogP contribution in [0.1, 0.15) is 23.7 Å². The van der Waals surface area contributed by atoms with Gasteiger partial charge in [-0.3, -0.25) is 4.79 Å². The van der Waals surface area contributed by atoms with Gasteiger partial charge < -0.3 is 10.2 Å². The Balaban J connectivity index is 1.62. The normalized spacial score (nSPS) is 11.0. The molecule has 0 saturated carbocycles. The molecule has 0 radical (unpaired) electrons. The molecule has 0 fully saturated rings. The molecule has 1 heterocycles. The monoisotopic (exact) mass is 480 g/mol. The number of thiol groups is 1. The van der Waals surface area contributed by atoms with Crippen molar-refractivity contribution in [2.75, 3.05) is 13.1 Å². The number of aromatic nitrogens is 2. The molecule has 0 spiro atoms. The number of benzene rings is 3. The van der Waals surface area contributed by atoms with Gasteiger partial charge in [-0.2, -0.15) is 0 Å². The molecule has 0 unspecified atom stereocenters. The molecule has 0 aliphatic rings. The first-order valence-corrected chi connectivity index (χ1v) is 12.0. The summed E-state index contributed by atoms with van der Waals surface area (Å²) in [5.74, 6) is -0.127. The van der Waals surface area contributed by atoms with Crippen LogP contribution < -0.4 is 5.32 Å². The standard InChI is InChI=1S/C29H28N4OS/c1-3-17-33(4-2)18-9-16-30-29(34)23-14-15-25-26(20-23)32-27(21-10-6-5-7-11-21)28(31-25)22-12-8-13-24(35)19-22/h3-8,10-15,17,19-20,35H,2,9,16,18H2,1H3,(H,30,34)/b17-3-. The van der Waals surface area contributed by atoms with Crippen molar-refractivity contribution in [2.45, 2.75) is 18.2 Å². The highest BCUT2D eigenvalue weighted by atomic mass is 32.1. The van der Waals surface area contributed by atoms with E-state index in [1.54, 1.807) is 18.3 Å². The number of allylic oxidation sites excluding steroid dienone is 1. The fourth-order valence-electron chi connectivity index (χ4n) is 3.83. The lowest BCUT2D eigenvalue weighted by molar-refractivity contribution is 0.0953. The maximum absolute atomic E-state index is 12.8. The average Bonchev–Trinajstić information content (AvgIpc) is 2.89. The predicted molar refractivity (Wildman–Crippen MR) is 146 cm³/mol. The number of rotatable bonds is 9.